The standard InChI is InChI=1S/C23H28O2/c1-16(14-17-8-10-18(11-9-17)22(24)25-4)6-5-7-21-19-12-13-20(15-19)23(21,2)3/h5-11,14,19-20H,12-13,15H2,1-4H3. The number of esters is 1. The molecule has 3 rings (SSSR count). The number of methoxy groups -OCH3 is 1. The average molecular weight is 336 g/mol. The van der Waals surface area contributed by atoms with Crippen molar-refractivity contribution in [2.45, 2.75) is 40.0 Å². The molecule has 2 heteroatoms. The smallest absolute Gasteiger partial charge is 0.337 e. The van der Waals surface area contributed by atoms with Crippen LogP contribution in [0, 0.1) is 17.3 Å². The van der Waals surface area contributed by atoms with Crippen molar-refractivity contribution >= 4 is 12.0 Å². The van der Waals surface area contributed by atoms with Gasteiger partial charge >= 0.3 is 5.97 Å². The third-order valence-corrected chi connectivity index (χ3v) is 6.00. The molecular weight excluding hydrogens is 308 g/mol. The first-order valence-electron chi connectivity index (χ1n) is 9.17. The summed E-state index contributed by atoms with van der Waals surface area (Å²) in [5.41, 5.74) is 4.87. The minimum atomic E-state index is -0.299. The lowest BCUT2D eigenvalue weighted by Crippen LogP contribution is -2.22. The van der Waals surface area contributed by atoms with Crippen molar-refractivity contribution in [1.82, 2.24) is 0 Å². The van der Waals surface area contributed by atoms with Crippen molar-refractivity contribution in [3.63, 3.8) is 0 Å². The molecule has 0 aliphatic heterocycles. The largest absolute Gasteiger partial charge is 0.465 e. The van der Waals surface area contributed by atoms with E-state index in [2.05, 4.69) is 45.1 Å². The summed E-state index contributed by atoms with van der Waals surface area (Å²) in [5, 5.41) is 0. The second kappa shape index (κ2) is 7.03. The van der Waals surface area contributed by atoms with Crippen molar-refractivity contribution in [2.75, 3.05) is 7.11 Å². The van der Waals surface area contributed by atoms with E-state index < -0.39 is 0 Å². The Hall–Kier alpha value is -2.09. The van der Waals surface area contributed by atoms with Crippen LogP contribution < -0.4 is 0 Å². The van der Waals surface area contributed by atoms with Crippen LogP contribution in [0.25, 0.3) is 6.08 Å². The van der Waals surface area contributed by atoms with Crippen molar-refractivity contribution < 1.29 is 9.53 Å². The van der Waals surface area contributed by atoms with Gasteiger partial charge in [0.05, 0.1) is 12.7 Å². The lowest BCUT2D eigenvalue weighted by atomic mass is 9.72. The number of allylic oxidation sites excluding steroid dienone is 5. The van der Waals surface area contributed by atoms with Crippen molar-refractivity contribution in [1.29, 1.82) is 0 Å². The van der Waals surface area contributed by atoms with Crippen molar-refractivity contribution in [3.8, 4) is 0 Å². The molecule has 0 spiro atoms. The monoisotopic (exact) mass is 336 g/mol. The number of rotatable bonds is 4. The topological polar surface area (TPSA) is 26.3 Å². The highest BCUT2D eigenvalue weighted by atomic mass is 16.5. The SMILES string of the molecule is COC(=O)c1ccc(C=C(C)C=CC=C2C3CCC(C3)C2(C)C)cc1. The van der Waals surface area contributed by atoms with Gasteiger partial charge in [0.15, 0.2) is 0 Å². The van der Waals surface area contributed by atoms with E-state index in [4.69, 9.17) is 4.74 Å². The molecule has 0 N–H and O–H groups in total. The molecule has 25 heavy (non-hydrogen) atoms. The summed E-state index contributed by atoms with van der Waals surface area (Å²) in [6.07, 6.45) is 13.0. The maximum Gasteiger partial charge on any atom is 0.337 e. The molecule has 0 heterocycles. The molecule has 2 aliphatic rings. The van der Waals surface area contributed by atoms with Gasteiger partial charge in [0, 0.05) is 0 Å². The number of carbonyl (C=O) groups is 1. The summed E-state index contributed by atoms with van der Waals surface area (Å²) in [5.74, 6) is 1.38. The van der Waals surface area contributed by atoms with Gasteiger partial charge in [-0.15, -0.1) is 0 Å². The molecule has 0 amide bonds. The number of hydrogen-bond donors (Lipinski definition) is 0. The van der Waals surface area contributed by atoms with Crippen LogP contribution in [0.2, 0.25) is 0 Å². The van der Waals surface area contributed by atoms with E-state index in [1.54, 1.807) is 17.7 Å². The molecule has 2 nitrogen and oxygen atoms in total. The molecule has 0 radical (unpaired) electrons. The highest BCUT2D eigenvalue weighted by molar-refractivity contribution is 5.89. The fourth-order valence-corrected chi connectivity index (χ4v) is 4.48. The summed E-state index contributed by atoms with van der Waals surface area (Å²) in [4.78, 5) is 11.5. The van der Waals surface area contributed by atoms with Crippen molar-refractivity contribution in [3.05, 3.63) is 64.8 Å². The summed E-state index contributed by atoms with van der Waals surface area (Å²) in [6.45, 7) is 6.92. The molecule has 1 aromatic carbocycles. The molecule has 2 aliphatic carbocycles. The van der Waals surface area contributed by atoms with Crippen LogP contribution in [0.1, 0.15) is 56.0 Å². The Morgan fingerprint density at radius 1 is 1.20 bits per heavy atom. The second-order valence-corrected chi connectivity index (χ2v) is 7.91. The van der Waals surface area contributed by atoms with Gasteiger partial charge in [0.25, 0.3) is 0 Å². The van der Waals surface area contributed by atoms with Crippen molar-refractivity contribution in [2.24, 2.45) is 17.3 Å². The van der Waals surface area contributed by atoms with E-state index in [0.717, 1.165) is 17.4 Å². The first-order chi connectivity index (χ1) is 11.9. The Morgan fingerprint density at radius 2 is 1.92 bits per heavy atom. The van der Waals surface area contributed by atoms with Crippen LogP contribution in [0.15, 0.2) is 53.6 Å². The zero-order valence-corrected chi connectivity index (χ0v) is 15.7. The van der Waals surface area contributed by atoms with Gasteiger partial charge < -0.3 is 4.74 Å². The van der Waals surface area contributed by atoms with Gasteiger partial charge in [0.1, 0.15) is 0 Å². The van der Waals surface area contributed by atoms with Gasteiger partial charge in [0.2, 0.25) is 0 Å². The molecular formula is C23H28O2. The molecule has 1 aromatic rings. The van der Waals surface area contributed by atoms with Gasteiger partial charge in [-0.2, -0.15) is 0 Å². The fourth-order valence-electron chi connectivity index (χ4n) is 4.48. The number of fused-ring (bicyclic) bond motifs is 2. The minimum absolute atomic E-state index is 0.299. The van der Waals surface area contributed by atoms with Crippen LogP contribution >= 0.6 is 0 Å². The van der Waals surface area contributed by atoms with Gasteiger partial charge in [-0.1, -0.05) is 61.4 Å². The Bertz CT molecular complexity index is 732. The fraction of sp³-hybridized carbons (Fsp3) is 0.435. The highest BCUT2D eigenvalue weighted by Gasteiger charge is 2.48. The van der Waals surface area contributed by atoms with E-state index >= 15 is 0 Å². The molecule has 132 valence electrons. The third-order valence-electron chi connectivity index (χ3n) is 6.00. The Morgan fingerprint density at radius 3 is 2.52 bits per heavy atom. The van der Waals surface area contributed by atoms with Crippen LogP contribution in [0.3, 0.4) is 0 Å². The summed E-state index contributed by atoms with van der Waals surface area (Å²) >= 11 is 0. The quantitative estimate of drug-likeness (QED) is 0.512. The third kappa shape index (κ3) is 3.63. The number of carbonyl (C=O) groups excluding carboxylic acids is 1. The molecule has 2 bridgehead atoms. The average Bonchev–Trinajstić information content (AvgIpc) is 3.16. The molecule has 0 aromatic heterocycles. The van der Waals surface area contributed by atoms with Crippen LogP contribution in [-0.2, 0) is 4.74 Å². The normalized spacial score (nSPS) is 26.6. The maximum absolute atomic E-state index is 11.5. The van der Waals surface area contributed by atoms with Gasteiger partial charge in [-0.3, -0.25) is 0 Å². The Kier molecular flexibility index (Phi) is 4.99. The summed E-state index contributed by atoms with van der Waals surface area (Å²) < 4.78 is 4.72. The Balaban J connectivity index is 1.68. The van der Waals surface area contributed by atoms with E-state index in [9.17, 15) is 4.79 Å². The molecule has 2 saturated carbocycles. The maximum atomic E-state index is 11.5. The number of benzene rings is 1. The van der Waals surface area contributed by atoms with Crippen LogP contribution in [0.5, 0.6) is 0 Å². The Labute approximate surface area is 151 Å². The van der Waals surface area contributed by atoms with E-state index in [1.807, 2.05) is 12.1 Å². The lowest BCUT2D eigenvalue weighted by Gasteiger charge is -2.32. The van der Waals surface area contributed by atoms with Crippen LogP contribution in [-0.4, -0.2) is 13.1 Å². The molecule has 2 fully saturated rings. The summed E-state index contributed by atoms with van der Waals surface area (Å²) in [6, 6.07) is 7.49. The van der Waals surface area contributed by atoms with E-state index in [1.165, 1.54) is 31.9 Å². The molecule has 0 saturated heterocycles. The summed E-state index contributed by atoms with van der Waals surface area (Å²) in [7, 11) is 1.40. The van der Waals surface area contributed by atoms with Crippen LogP contribution in [0.4, 0.5) is 0 Å². The molecule has 2 unspecified atom stereocenters. The first kappa shape index (κ1) is 17.7. The van der Waals surface area contributed by atoms with Gasteiger partial charge in [-0.05, 0) is 61.1 Å². The zero-order valence-electron chi connectivity index (χ0n) is 15.7. The highest BCUT2D eigenvalue weighted by Crippen LogP contribution is 2.58. The van der Waals surface area contributed by atoms with E-state index in [0.29, 0.717) is 11.0 Å². The first-order valence-corrected chi connectivity index (χ1v) is 9.17. The lowest BCUT2D eigenvalue weighted by molar-refractivity contribution is 0.0600. The zero-order chi connectivity index (χ0) is 18.0. The number of ether oxygens (including phenoxy) is 1. The predicted molar refractivity (Wildman–Crippen MR) is 103 cm³/mol. The second-order valence-electron chi connectivity index (χ2n) is 7.91. The number of hydrogen-bond acceptors (Lipinski definition) is 2. The van der Waals surface area contributed by atoms with E-state index in [-0.39, 0.29) is 5.97 Å². The van der Waals surface area contributed by atoms with Gasteiger partial charge in [-0.25, -0.2) is 4.79 Å². The minimum Gasteiger partial charge on any atom is -0.465 e. The predicted octanol–water partition coefficient (Wildman–Crippen LogP) is 5.82. The molecule has 2 atom stereocenters.